The summed E-state index contributed by atoms with van der Waals surface area (Å²) in [6, 6.07) is 15.4. The lowest BCUT2D eigenvalue weighted by molar-refractivity contribution is -0.118. The van der Waals surface area contributed by atoms with Crippen molar-refractivity contribution in [2.45, 2.75) is 11.7 Å². The molecule has 146 valence electrons. The molecule has 4 rings (SSSR count). The minimum atomic E-state index is -0.425. The number of nitrogens with one attached hydrogen (secondary N) is 2. The lowest BCUT2D eigenvalue weighted by atomic mass is 10.1. The van der Waals surface area contributed by atoms with Crippen LogP contribution in [0.3, 0.4) is 0 Å². The van der Waals surface area contributed by atoms with Crippen molar-refractivity contribution >= 4 is 23.3 Å². The van der Waals surface area contributed by atoms with Gasteiger partial charge in [0.25, 0.3) is 0 Å². The van der Waals surface area contributed by atoms with Crippen LogP contribution in [0.25, 0.3) is 16.8 Å². The first-order valence-electron chi connectivity index (χ1n) is 8.77. The summed E-state index contributed by atoms with van der Waals surface area (Å²) >= 11 is 1.12. The molecule has 0 aliphatic rings. The van der Waals surface area contributed by atoms with Gasteiger partial charge in [0.1, 0.15) is 5.82 Å². The number of rotatable bonds is 6. The third-order valence-electron chi connectivity index (χ3n) is 4.19. The van der Waals surface area contributed by atoms with E-state index >= 15 is 0 Å². The summed E-state index contributed by atoms with van der Waals surface area (Å²) in [4.78, 5) is 31.5. The number of carbonyl (C=O) groups excluding carboxylic acids is 1. The second-order valence-corrected chi connectivity index (χ2v) is 7.16. The topological polar surface area (TPSA) is 92.2 Å². The Labute approximate surface area is 169 Å². The first-order valence-corrected chi connectivity index (χ1v) is 9.76. The predicted molar refractivity (Wildman–Crippen MR) is 108 cm³/mol. The van der Waals surface area contributed by atoms with Crippen LogP contribution in [0, 0.1) is 5.82 Å². The molecule has 1 amide bonds. The van der Waals surface area contributed by atoms with Gasteiger partial charge in [-0.25, -0.2) is 14.2 Å². The van der Waals surface area contributed by atoms with E-state index in [2.05, 4.69) is 20.4 Å². The van der Waals surface area contributed by atoms with Crippen LogP contribution in [-0.4, -0.2) is 31.2 Å². The number of halogens is 1. The minimum absolute atomic E-state index is 0.0785. The number of fused-ring (bicyclic) bond motifs is 1. The maximum atomic E-state index is 12.9. The van der Waals surface area contributed by atoms with E-state index in [1.807, 2.05) is 30.3 Å². The minimum Gasteiger partial charge on any atom is -0.351 e. The molecule has 0 aliphatic heterocycles. The van der Waals surface area contributed by atoms with Gasteiger partial charge in [-0.15, -0.1) is 0 Å². The van der Waals surface area contributed by atoms with Crippen molar-refractivity contribution in [2.75, 3.05) is 5.75 Å². The second-order valence-electron chi connectivity index (χ2n) is 6.20. The zero-order valence-corrected chi connectivity index (χ0v) is 15.9. The van der Waals surface area contributed by atoms with Gasteiger partial charge >= 0.3 is 5.69 Å². The number of hydrogen-bond acceptors (Lipinski definition) is 5. The first kappa shape index (κ1) is 18.9. The lowest BCUT2D eigenvalue weighted by Gasteiger charge is -2.05. The lowest BCUT2D eigenvalue weighted by Crippen LogP contribution is -2.25. The largest absolute Gasteiger partial charge is 0.351 e. The molecule has 4 aromatic rings. The molecule has 9 heteroatoms. The third kappa shape index (κ3) is 4.35. The Balaban J connectivity index is 1.46. The van der Waals surface area contributed by atoms with Gasteiger partial charge in [0.2, 0.25) is 5.91 Å². The van der Waals surface area contributed by atoms with Crippen molar-refractivity contribution in [3.8, 4) is 11.1 Å². The quantitative estimate of drug-likeness (QED) is 0.478. The van der Waals surface area contributed by atoms with Crippen molar-refractivity contribution in [3.05, 3.63) is 82.7 Å². The van der Waals surface area contributed by atoms with E-state index in [1.165, 1.54) is 16.6 Å². The highest BCUT2D eigenvalue weighted by molar-refractivity contribution is 7.99. The number of amides is 1. The average Bonchev–Trinajstić information content (AvgIpc) is 3.17. The molecule has 0 saturated carbocycles. The Morgan fingerprint density at radius 1 is 1.14 bits per heavy atom. The Bertz CT molecular complexity index is 1210. The maximum Gasteiger partial charge on any atom is 0.350 e. The molecule has 2 N–H and O–H groups in total. The van der Waals surface area contributed by atoms with Gasteiger partial charge in [0, 0.05) is 12.1 Å². The highest BCUT2D eigenvalue weighted by Gasteiger charge is 2.13. The molecule has 2 heterocycles. The molecular weight excluding hydrogens is 393 g/mol. The van der Waals surface area contributed by atoms with Crippen LogP contribution in [-0.2, 0) is 11.3 Å². The fourth-order valence-electron chi connectivity index (χ4n) is 2.74. The molecule has 0 spiro atoms. The highest BCUT2D eigenvalue weighted by Crippen LogP contribution is 2.23. The van der Waals surface area contributed by atoms with E-state index < -0.39 is 5.69 Å². The molecule has 0 fully saturated rings. The predicted octanol–water partition coefficient (Wildman–Crippen LogP) is 2.63. The normalized spacial score (nSPS) is 10.9. The summed E-state index contributed by atoms with van der Waals surface area (Å²) in [5.41, 5.74) is 2.43. The molecule has 0 aliphatic carbocycles. The van der Waals surface area contributed by atoms with E-state index in [9.17, 15) is 14.0 Å². The van der Waals surface area contributed by atoms with Gasteiger partial charge in [-0.2, -0.15) is 9.61 Å². The van der Waals surface area contributed by atoms with Gasteiger partial charge in [0.15, 0.2) is 10.8 Å². The average molecular weight is 409 g/mol. The smallest absolute Gasteiger partial charge is 0.350 e. The molecule has 0 atom stereocenters. The van der Waals surface area contributed by atoms with Gasteiger partial charge in [-0.3, -0.25) is 9.78 Å². The summed E-state index contributed by atoms with van der Waals surface area (Å²) in [7, 11) is 0. The summed E-state index contributed by atoms with van der Waals surface area (Å²) in [5, 5.41) is 7.18. The summed E-state index contributed by atoms with van der Waals surface area (Å²) in [6.45, 7) is 0.295. The highest BCUT2D eigenvalue weighted by atomic mass is 32.2. The van der Waals surface area contributed by atoms with Gasteiger partial charge in [-0.05, 0) is 23.3 Å². The second kappa shape index (κ2) is 8.27. The fourth-order valence-corrected chi connectivity index (χ4v) is 3.42. The van der Waals surface area contributed by atoms with E-state index in [0.717, 1.165) is 28.5 Å². The third-order valence-corrected chi connectivity index (χ3v) is 5.06. The molecule has 0 saturated heterocycles. The summed E-state index contributed by atoms with van der Waals surface area (Å²) in [6.07, 6.45) is 1.59. The number of nitrogens with zero attached hydrogens (tertiary/aromatic N) is 3. The molecule has 0 unspecified atom stereocenters. The Morgan fingerprint density at radius 2 is 1.90 bits per heavy atom. The van der Waals surface area contributed by atoms with E-state index in [-0.39, 0.29) is 17.5 Å². The van der Waals surface area contributed by atoms with E-state index in [0.29, 0.717) is 17.3 Å². The maximum absolute atomic E-state index is 12.9. The molecule has 2 aromatic heterocycles. The van der Waals surface area contributed by atoms with Gasteiger partial charge in [0.05, 0.1) is 11.9 Å². The standard InChI is InChI=1S/C20H16FN5O2S/c21-15-8-6-13(7-9-15)10-22-17(27)12-29-19-24-18-16(14-4-2-1-3-5-14)11-23-26(18)20(28)25-19/h1-9,11H,10,12H2,(H,22,27)(H,24,25,28). The molecular formula is C20H16FN5O2S. The number of aromatic amines is 1. The number of hydrogen-bond donors (Lipinski definition) is 2. The van der Waals surface area contributed by atoms with Crippen LogP contribution < -0.4 is 11.0 Å². The number of thioether (sulfide) groups is 1. The van der Waals surface area contributed by atoms with Crippen LogP contribution in [0.5, 0.6) is 0 Å². The van der Waals surface area contributed by atoms with Crippen LogP contribution in [0.4, 0.5) is 4.39 Å². The molecule has 7 nitrogen and oxygen atoms in total. The monoisotopic (exact) mass is 409 g/mol. The van der Waals surface area contributed by atoms with Crippen molar-refractivity contribution < 1.29 is 9.18 Å². The van der Waals surface area contributed by atoms with Crippen LogP contribution >= 0.6 is 11.8 Å². The number of carbonyl (C=O) groups is 1. The molecule has 0 bridgehead atoms. The zero-order chi connectivity index (χ0) is 20.2. The number of aromatic nitrogens is 4. The Hall–Kier alpha value is -3.46. The van der Waals surface area contributed by atoms with Gasteiger partial charge < -0.3 is 5.32 Å². The molecule has 2 aromatic carbocycles. The van der Waals surface area contributed by atoms with Crippen molar-refractivity contribution in [1.82, 2.24) is 24.9 Å². The summed E-state index contributed by atoms with van der Waals surface area (Å²) < 4.78 is 14.1. The fraction of sp³-hybridized carbons (Fsp3) is 0.100. The zero-order valence-electron chi connectivity index (χ0n) is 15.1. The molecule has 29 heavy (non-hydrogen) atoms. The SMILES string of the molecule is O=C(CSc1nc2c(-c3ccccc3)cnn2c(=O)[nH]1)NCc1ccc(F)cc1. The van der Waals surface area contributed by atoms with Crippen LogP contribution in [0.2, 0.25) is 0 Å². The molecule has 0 radical (unpaired) electrons. The van der Waals surface area contributed by atoms with Crippen LogP contribution in [0.15, 0.2) is 70.7 Å². The van der Waals surface area contributed by atoms with Gasteiger partial charge in [-0.1, -0.05) is 54.2 Å². The Morgan fingerprint density at radius 3 is 2.66 bits per heavy atom. The first-order chi connectivity index (χ1) is 14.1. The summed E-state index contributed by atoms with van der Waals surface area (Å²) in [5.74, 6) is -0.468. The van der Waals surface area contributed by atoms with Crippen molar-refractivity contribution in [2.24, 2.45) is 0 Å². The number of H-pyrrole nitrogens is 1. The van der Waals surface area contributed by atoms with Crippen LogP contribution in [0.1, 0.15) is 5.56 Å². The van der Waals surface area contributed by atoms with E-state index in [4.69, 9.17) is 0 Å². The van der Waals surface area contributed by atoms with Crippen molar-refractivity contribution in [1.29, 1.82) is 0 Å². The number of benzene rings is 2. The van der Waals surface area contributed by atoms with Crippen molar-refractivity contribution in [3.63, 3.8) is 0 Å². The van der Waals surface area contributed by atoms with E-state index in [1.54, 1.807) is 18.3 Å². The Kier molecular flexibility index (Phi) is 5.39.